The molecule has 2 aromatic rings. The molecule has 0 spiro atoms. The van der Waals surface area contributed by atoms with Crippen LogP contribution in [0.3, 0.4) is 0 Å². The number of nitrogens with two attached hydrogens (primary N) is 1. The number of hydrazine groups is 1. The maximum absolute atomic E-state index is 5.53. The summed E-state index contributed by atoms with van der Waals surface area (Å²) in [7, 11) is 0. The summed E-state index contributed by atoms with van der Waals surface area (Å²) in [4.78, 5) is 13.0. The highest BCUT2D eigenvalue weighted by Gasteiger charge is 2.12. The molecule has 0 saturated heterocycles. The van der Waals surface area contributed by atoms with Crippen LogP contribution in [-0.2, 0) is 6.42 Å². The van der Waals surface area contributed by atoms with Gasteiger partial charge in [0.2, 0.25) is 0 Å². The molecule has 0 unspecified atom stereocenters. The number of pyridine rings is 1. The lowest BCUT2D eigenvalue weighted by Crippen LogP contribution is -2.16. The van der Waals surface area contributed by atoms with E-state index in [2.05, 4.69) is 39.5 Å². The Kier molecular flexibility index (Phi) is 5.05. The molecule has 6 heteroatoms. The molecule has 0 amide bonds. The van der Waals surface area contributed by atoms with E-state index in [0.717, 1.165) is 30.2 Å². The molecule has 21 heavy (non-hydrogen) atoms. The SMILES string of the molecule is Cc1c(NN)nc(C(C)C)nc1NCCc1ccncc1. The van der Waals surface area contributed by atoms with Crippen molar-refractivity contribution >= 4 is 11.6 Å². The maximum atomic E-state index is 5.53. The number of nitrogens with zero attached hydrogens (tertiary/aromatic N) is 3. The Hall–Kier alpha value is -2.21. The lowest BCUT2D eigenvalue weighted by atomic mass is 10.2. The first-order valence-electron chi connectivity index (χ1n) is 7.09. The summed E-state index contributed by atoms with van der Waals surface area (Å²) < 4.78 is 0. The molecule has 0 atom stereocenters. The fourth-order valence-electron chi connectivity index (χ4n) is 1.98. The van der Waals surface area contributed by atoms with Crippen LogP contribution < -0.4 is 16.6 Å². The second-order valence-electron chi connectivity index (χ2n) is 5.24. The quantitative estimate of drug-likeness (QED) is 0.557. The third kappa shape index (κ3) is 3.88. The van der Waals surface area contributed by atoms with Gasteiger partial charge in [0.25, 0.3) is 0 Å². The second-order valence-corrected chi connectivity index (χ2v) is 5.24. The first-order valence-corrected chi connectivity index (χ1v) is 7.09. The molecule has 4 N–H and O–H groups in total. The van der Waals surface area contributed by atoms with Gasteiger partial charge in [-0.25, -0.2) is 15.8 Å². The van der Waals surface area contributed by atoms with Crippen molar-refractivity contribution in [2.24, 2.45) is 5.84 Å². The van der Waals surface area contributed by atoms with E-state index in [0.29, 0.717) is 5.82 Å². The Morgan fingerprint density at radius 3 is 2.43 bits per heavy atom. The summed E-state index contributed by atoms with van der Waals surface area (Å²) in [5.41, 5.74) is 4.81. The topological polar surface area (TPSA) is 88.8 Å². The van der Waals surface area contributed by atoms with Gasteiger partial charge in [0, 0.05) is 30.4 Å². The average Bonchev–Trinajstić information content (AvgIpc) is 2.49. The molecule has 112 valence electrons. The fourth-order valence-corrected chi connectivity index (χ4v) is 1.98. The minimum atomic E-state index is 0.249. The third-order valence-electron chi connectivity index (χ3n) is 3.27. The Morgan fingerprint density at radius 2 is 1.81 bits per heavy atom. The minimum Gasteiger partial charge on any atom is -0.369 e. The van der Waals surface area contributed by atoms with Crippen molar-refractivity contribution in [1.29, 1.82) is 0 Å². The zero-order valence-corrected chi connectivity index (χ0v) is 12.7. The van der Waals surface area contributed by atoms with Crippen molar-refractivity contribution in [1.82, 2.24) is 15.0 Å². The first kappa shape index (κ1) is 15.2. The number of anilines is 2. The van der Waals surface area contributed by atoms with Crippen LogP contribution in [0.25, 0.3) is 0 Å². The van der Waals surface area contributed by atoms with Crippen LogP contribution in [-0.4, -0.2) is 21.5 Å². The number of rotatable bonds is 6. The van der Waals surface area contributed by atoms with Crippen molar-refractivity contribution in [3.8, 4) is 0 Å². The van der Waals surface area contributed by atoms with E-state index >= 15 is 0 Å². The number of aromatic nitrogens is 3. The van der Waals surface area contributed by atoms with Gasteiger partial charge in [-0.3, -0.25) is 4.98 Å². The van der Waals surface area contributed by atoms with Gasteiger partial charge >= 0.3 is 0 Å². The molecule has 0 saturated carbocycles. The predicted molar refractivity (Wildman–Crippen MR) is 85.1 cm³/mol. The molecule has 2 aromatic heterocycles. The van der Waals surface area contributed by atoms with E-state index in [1.54, 1.807) is 12.4 Å². The Balaban J connectivity index is 2.10. The van der Waals surface area contributed by atoms with Gasteiger partial charge in [-0.15, -0.1) is 0 Å². The van der Waals surface area contributed by atoms with Gasteiger partial charge in [0.05, 0.1) is 0 Å². The van der Waals surface area contributed by atoms with Crippen LogP contribution in [0.1, 0.15) is 36.7 Å². The normalized spacial score (nSPS) is 10.7. The van der Waals surface area contributed by atoms with E-state index in [4.69, 9.17) is 5.84 Å². The molecular formula is C15H22N6. The van der Waals surface area contributed by atoms with Gasteiger partial charge in [-0.1, -0.05) is 13.8 Å². The van der Waals surface area contributed by atoms with Crippen LogP contribution in [0.5, 0.6) is 0 Å². The Bertz CT molecular complexity index is 582. The first-order chi connectivity index (χ1) is 10.1. The highest BCUT2D eigenvalue weighted by molar-refractivity contribution is 5.56. The molecule has 2 heterocycles. The Morgan fingerprint density at radius 1 is 1.14 bits per heavy atom. The van der Waals surface area contributed by atoms with Gasteiger partial charge < -0.3 is 10.7 Å². The predicted octanol–water partition coefficient (Wildman–Crippen LogP) is 2.24. The zero-order valence-electron chi connectivity index (χ0n) is 12.7. The molecule has 2 rings (SSSR count). The van der Waals surface area contributed by atoms with Gasteiger partial charge in [-0.2, -0.15) is 0 Å². The van der Waals surface area contributed by atoms with Gasteiger partial charge in [0.1, 0.15) is 17.5 Å². The largest absolute Gasteiger partial charge is 0.369 e. The molecule has 0 bridgehead atoms. The van der Waals surface area contributed by atoms with Crippen molar-refractivity contribution < 1.29 is 0 Å². The van der Waals surface area contributed by atoms with E-state index in [1.165, 1.54) is 5.56 Å². The molecule has 0 radical (unpaired) electrons. The highest BCUT2D eigenvalue weighted by Crippen LogP contribution is 2.22. The van der Waals surface area contributed by atoms with Gasteiger partial charge in [0.15, 0.2) is 0 Å². The van der Waals surface area contributed by atoms with Crippen LogP contribution >= 0.6 is 0 Å². The van der Waals surface area contributed by atoms with E-state index in [-0.39, 0.29) is 5.92 Å². The number of hydrogen-bond acceptors (Lipinski definition) is 6. The lowest BCUT2D eigenvalue weighted by Gasteiger charge is -2.15. The molecule has 0 aliphatic heterocycles. The molecular weight excluding hydrogens is 264 g/mol. The van der Waals surface area contributed by atoms with Crippen LogP contribution in [0.4, 0.5) is 11.6 Å². The van der Waals surface area contributed by atoms with Gasteiger partial charge in [-0.05, 0) is 31.0 Å². The summed E-state index contributed by atoms with van der Waals surface area (Å²) >= 11 is 0. The summed E-state index contributed by atoms with van der Waals surface area (Å²) in [5.74, 6) is 8.06. The molecule has 0 aromatic carbocycles. The Labute approximate surface area is 125 Å². The third-order valence-corrected chi connectivity index (χ3v) is 3.27. The molecule has 0 aliphatic rings. The van der Waals surface area contributed by atoms with Crippen LogP contribution in [0.15, 0.2) is 24.5 Å². The number of nitrogen functional groups attached to an aromatic ring is 1. The fraction of sp³-hybridized carbons (Fsp3) is 0.400. The lowest BCUT2D eigenvalue weighted by molar-refractivity contribution is 0.772. The standard InChI is InChI=1S/C15H22N6/c1-10(2)13-19-14(11(3)15(20-13)21-16)18-9-6-12-4-7-17-8-5-12/h4-5,7-8,10H,6,9,16H2,1-3H3,(H2,18,19,20,21). The summed E-state index contributed by atoms with van der Waals surface area (Å²) in [6.07, 6.45) is 4.52. The second kappa shape index (κ2) is 6.99. The van der Waals surface area contributed by atoms with Crippen molar-refractivity contribution in [3.63, 3.8) is 0 Å². The summed E-state index contributed by atoms with van der Waals surface area (Å²) in [5, 5.41) is 3.36. The van der Waals surface area contributed by atoms with Crippen LogP contribution in [0, 0.1) is 6.92 Å². The summed E-state index contributed by atoms with van der Waals surface area (Å²) in [6, 6.07) is 4.03. The summed E-state index contributed by atoms with van der Waals surface area (Å²) in [6.45, 7) is 6.87. The van der Waals surface area contributed by atoms with Crippen LogP contribution in [0.2, 0.25) is 0 Å². The highest BCUT2D eigenvalue weighted by atomic mass is 15.3. The molecule has 6 nitrogen and oxygen atoms in total. The molecule has 0 fully saturated rings. The maximum Gasteiger partial charge on any atom is 0.148 e. The average molecular weight is 286 g/mol. The number of nitrogens with one attached hydrogen (secondary N) is 2. The van der Waals surface area contributed by atoms with E-state index in [1.807, 2.05) is 19.1 Å². The van der Waals surface area contributed by atoms with Crippen molar-refractivity contribution in [3.05, 3.63) is 41.5 Å². The smallest absolute Gasteiger partial charge is 0.148 e. The minimum absolute atomic E-state index is 0.249. The van der Waals surface area contributed by atoms with E-state index in [9.17, 15) is 0 Å². The van der Waals surface area contributed by atoms with Crippen molar-refractivity contribution in [2.75, 3.05) is 17.3 Å². The van der Waals surface area contributed by atoms with Crippen molar-refractivity contribution in [2.45, 2.75) is 33.1 Å². The van der Waals surface area contributed by atoms with E-state index < -0.39 is 0 Å². The molecule has 0 aliphatic carbocycles. The number of hydrogen-bond donors (Lipinski definition) is 3. The zero-order chi connectivity index (χ0) is 15.2. The monoisotopic (exact) mass is 286 g/mol.